The number of halogens is 1. The topological polar surface area (TPSA) is 83.1 Å². The first-order valence-electron chi connectivity index (χ1n) is 5.58. The van der Waals surface area contributed by atoms with Crippen LogP contribution in [0.5, 0.6) is 5.75 Å². The second-order valence-corrected chi connectivity index (χ2v) is 5.08. The van der Waals surface area contributed by atoms with Crippen molar-refractivity contribution in [2.45, 2.75) is 0 Å². The van der Waals surface area contributed by atoms with E-state index in [1.807, 2.05) is 0 Å². The van der Waals surface area contributed by atoms with Gasteiger partial charge in [0, 0.05) is 23.3 Å². The molecule has 0 aliphatic carbocycles. The van der Waals surface area contributed by atoms with E-state index in [2.05, 4.69) is 15.9 Å². The normalized spacial score (nSPS) is 10.1. The number of hydrogen-bond acceptors (Lipinski definition) is 4. The molecule has 1 aromatic carbocycles. The summed E-state index contributed by atoms with van der Waals surface area (Å²) >= 11 is 3.22. The number of phenolic OH excluding ortho intramolecular Hbond substituents is 1. The van der Waals surface area contributed by atoms with Gasteiger partial charge in [-0.1, -0.05) is 15.9 Å². The molecule has 5 nitrogen and oxygen atoms in total. The summed E-state index contributed by atoms with van der Waals surface area (Å²) in [5, 5.41) is 18.6. The van der Waals surface area contributed by atoms with Crippen LogP contribution in [0.15, 0.2) is 39.7 Å². The molecule has 0 spiro atoms. The van der Waals surface area contributed by atoms with Crippen LogP contribution < -0.4 is 5.56 Å². The van der Waals surface area contributed by atoms with Gasteiger partial charge in [-0.05, 0) is 24.3 Å². The highest BCUT2D eigenvalue weighted by Crippen LogP contribution is 2.24. The van der Waals surface area contributed by atoms with Crippen LogP contribution in [0.25, 0.3) is 0 Å². The Hall–Kier alpha value is -2.39. The lowest BCUT2D eigenvalue weighted by atomic mass is 10.0. The average molecular weight is 333 g/mol. The first-order chi connectivity index (χ1) is 9.43. The standard InChI is InChI=1S/C14H9BrN2O3/c1-17-7-9(4-8(6-16)14(17)20)13(19)11-5-10(15)2-3-12(11)18/h2-5,7,18H,1H3. The third-order valence-corrected chi connectivity index (χ3v) is 3.26. The third kappa shape index (κ3) is 2.49. The molecule has 0 fully saturated rings. The maximum atomic E-state index is 12.3. The number of carbonyl (C=O) groups excluding carboxylic acids is 1. The first kappa shape index (κ1) is 14.0. The van der Waals surface area contributed by atoms with Crippen molar-refractivity contribution in [3.63, 3.8) is 0 Å². The predicted octanol–water partition coefficient (Wildman–Crippen LogP) is 1.96. The van der Waals surface area contributed by atoms with Crippen LogP contribution in [0.4, 0.5) is 0 Å². The van der Waals surface area contributed by atoms with Crippen molar-refractivity contribution in [3.8, 4) is 11.8 Å². The predicted molar refractivity (Wildman–Crippen MR) is 75.6 cm³/mol. The summed E-state index contributed by atoms with van der Waals surface area (Å²) in [6, 6.07) is 7.46. The van der Waals surface area contributed by atoms with Crippen molar-refractivity contribution in [1.82, 2.24) is 4.57 Å². The van der Waals surface area contributed by atoms with E-state index in [-0.39, 0.29) is 22.4 Å². The summed E-state index contributed by atoms with van der Waals surface area (Å²) in [6.45, 7) is 0. The number of aromatic hydroxyl groups is 1. The fraction of sp³-hybridized carbons (Fsp3) is 0.0714. The second-order valence-electron chi connectivity index (χ2n) is 4.16. The van der Waals surface area contributed by atoms with Crippen LogP contribution in [-0.2, 0) is 7.05 Å². The summed E-state index contributed by atoms with van der Waals surface area (Å²) < 4.78 is 1.81. The van der Waals surface area contributed by atoms with Gasteiger partial charge in [0.25, 0.3) is 5.56 Å². The highest BCUT2D eigenvalue weighted by molar-refractivity contribution is 9.10. The molecule has 0 atom stereocenters. The van der Waals surface area contributed by atoms with E-state index < -0.39 is 11.3 Å². The van der Waals surface area contributed by atoms with Gasteiger partial charge < -0.3 is 9.67 Å². The van der Waals surface area contributed by atoms with Gasteiger partial charge in [-0.3, -0.25) is 9.59 Å². The van der Waals surface area contributed by atoms with Gasteiger partial charge in [-0.15, -0.1) is 0 Å². The van der Waals surface area contributed by atoms with Gasteiger partial charge in [0.1, 0.15) is 17.4 Å². The van der Waals surface area contributed by atoms with E-state index >= 15 is 0 Å². The molecule has 1 heterocycles. The van der Waals surface area contributed by atoms with Crippen molar-refractivity contribution >= 4 is 21.7 Å². The Balaban J connectivity index is 2.60. The number of aryl methyl sites for hydroxylation is 1. The molecule has 20 heavy (non-hydrogen) atoms. The molecule has 0 bridgehead atoms. The Morgan fingerprint density at radius 2 is 2.10 bits per heavy atom. The monoisotopic (exact) mass is 332 g/mol. The second kappa shape index (κ2) is 5.31. The number of aromatic nitrogens is 1. The molecule has 0 aliphatic heterocycles. The molecule has 2 rings (SSSR count). The Bertz CT molecular complexity index is 803. The zero-order chi connectivity index (χ0) is 14.9. The molecule has 1 N–H and O–H groups in total. The maximum Gasteiger partial charge on any atom is 0.268 e. The van der Waals surface area contributed by atoms with Crippen molar-refractivity contribution in [2.75, 3.05) is 0 Å². The Kier molecular flexibility index (Phi) is 3.72. The van der Waals surface area contributed by atoms with Crippen LogP contribution in [0, 0.1) is 11.3 Å². The van der Waals surface area contributed by atoms with Crippen LogP contribution in [0.2, 0.25) is 0 Å². The molecule has 0 radical (unpaired) electrons. The van der Waals surface area contributed by atoms with Crippen LogP contribution >= 0.6 is 15.9 Å². The summed E-state index contributed by atoms with van der Waals surface area (Å²) in [5.74, 6) is -0.624. The zero-order valence-corrected chi connectivity index (χ0v) is 12.0. The molecule has 6 heteroatoms. The Morgan fingerprint density at radius 1 is 1.40 bits per heavy atom. The molecule has 100 valence electrons. The van der Waals surface area contributed by atoms with E-state index in [0.717, 1.165) is 0 Å². The number of hydrogen-bond donors (Lipinski definition) is 1. The molecular weight excluding hydrogens is 324 g/mol. The maximum absolute atomic E-state index is 12.3. The van der Waals surface area contributed by atoms with Crippen LogP contribution in [0.3, 0.4) is 0 Å². The minimum Gasteiger partial charge on any atom is -0.507 e. The molecule has 0 saturated heterocycles. The lowest BCUT2D eigenvalue weighted by Crippen LogP contribution is -2.21. The van der Waals surface area contributed by atoms with E-state index in [1.54, 1.807) is 12.1 Å². The van der Waals surface area contributed by atoms with Gasteiger partial charge in [0.05, 0.1) is 5.56 Å². The summed E-state index contributed by atoms with van der Waals surface area (Å²) in [7, 11) is 1.46. The number of phenols is 1. The van der Waals surface area contributed by atoms with Crippen molar-refractivity contribution in [3.05, 3.63) is 62.0 Å². The number of carbonyl (C=O) groups is 1. The summed E-state index contributed by atoms with van der Waals surface area (Å²) in [4.78, 5) is 23.9. The van der Waals surface area contributed by atoms with Gasteiger partial charge in [-0.25, -0.2) is 0 Å². The van der Waals surface area contributed by atoms with Crippen LogP contribution in [-0.4, -0.2) is 15.5 Å². The highest BCUT2D eigenvalue weighted by atomic mass is 79.9. The van der Waals surface area contributed by atoms with Gasteiger partial charge in [0.2, 0.25) is 0 Å². The highest BCUT2D eigenvalue weighted by Gasteiger charge is 2.16. The number of rotatable bonds is 2. The minimum absolute atomic E-state index is 0.0990. The van der Waals surface area contributed by atoms with Gasteiger partial charge in [0.15, 0.2) is 5.78 Å². The Labute approximate surface area is 122 Å². The zero-order valence-electron chi connectivity index (χ0n) is 10.4. The molecular formula is C14H9BrN2O3. The molecule has 0 unspecified atom stereocenters. The molecule has 2 aromatic rings. The number of pyridine rings is 1. The van der Waals surface area contributed by atoms with Crippen LogP contribution in [0.1, 0.15) is 21.5 Å². The lowest BCUT2D eigenvalue weighted by Gasteiger charge is -2.06. The Morgan fingerprint density at radius 3 is 2.75 bits per heavy atom. The molecule has 0 amide bonds. The smallest absolute Gasteiger partial charge is 0.268 e. The summed E-state index contributed by atoms with van der Waals surface area (Å²) in [6.07, 6.45) is 1.34. The number of benzene rings is 1. The quantitative estimate of drug-likeness (QED) is 0.852. The minimum atomic E-state index is -0.470. The summed E-state index contributed by atoms with van der Waals surface area (Å²) in [5.41, 5.74) is -0.325. The number of ketones is 1. The van der Waals surface area contributed by atoms with E-state index in [9.17, 15) is 14.7 Å². The SMILES string of the molecule is Cn1cc(C(=O)c2cc(Br)ccc2O)cc(C#N)c1=O. The third-order valence-electron chi connectivity index (χ3n) is 2.77. The van der Waals surface area contributed by atoms with Crippen molar-refractivity contribution in [1.29, 1.82) is 5.26 Å². The molecule has 0 aliphatic rings. The van der Waals surface area contributed by atoms with E-state index in [1.165, 1.54) is 36.0 Å². The first-order valence-corrected chi connectivity index (χ1v) is 6.37. The van der Waals surface area contributed by atoms with Gasteiger partial charge in [-0.2, -0.15) is 5.26 Å². The van der Waals surface area contributed by atoms with Crippen molar-refractivity contribution < 1.29 is 9.90 Å². The van der Waals surface area contributed by atoms with Crippen molar-refractivity contribution in [2.24, 2.45) is 7.05 Å². The lowest BCUT2D eigenvalue weighted by molar-refractivity contribution is 0.103. The molecule has 1 aromatic heterocycles. The fourth-order valence-corrected chi connectivity index (χ4v) is 2.12. The van der Waals surface area contributed by atoms with E-state index in [4.69, 9.17) is 5.26 Å². The number of nitrogens with zero attached hydrogens (tertiary/aromatic N) is 2. The average Bonchev–Trinajstić information content (AvgIpc) is 2.43. The molecule has 0 saturated carbocycles. The van der Waals surface area contributed by atoms with Gasteiger partial charge >= 0.3 is 0 Å². The largest absolute Gasteiger partial charge is 0.507 e. The fourth-order valence-electron chi connectivity index (χ4n) is 1.76. The number of nitriles is 1. The van der Waals surface area contributed by atoms with E-state index in [0.29, 0.717) is 4.47 Å².